The molecule has 4 amide bonds. The first kappa shape index (κ1) is 60.2. The van der Waals surface area contributed by atoms with Crippen molar-refractivity contribution in [3.8, 4) is 11.5 Å². The fraction of sp³-hybridized carbons (Fsp3) is 0.460. The van der Waals surface area contributed by atoms with Gasteiger partial charge in [0.05, 0.1) is 68.3 Å². The molecule has 3 aromatic carbocycles. The molecule has 5 aliphatic rings. The van der Waals surface area contributed by atoms with Crippen LogP contribution in [0.25, 0.3) is 16.7 Å². The van der Waals surface area contributed by atoms with E-state index in [4.69, 9.17) is 19.5 Å². The number of amides is 4. The zero-order valence-corrected chi connectivity index (χ0v) is 48.7. The molecule has 1 saturated carbocycles. The van der Waals surface area contributed by atoms with Gasteiger partial charge in [-0.15, -0.1) is 8.78 Å². The van der Waals surface area contributed by atoms with Crippen LogP contribution in [0.1, 0.15) is 111 Å². The van der Waals surface area contributed by atoms with E-state index in [1.165, 1.54) is 23.0 Å². The fourth-order valence-electron chi connectivity index (χ4n) is 11.7. The number of nitrogens with one attached hydrogen (secondary N) is 4. The number of piperidine rings is 1. The Morgan fingerprint density at radius 3 is 2.34 bits per heavy atom. The monoisotopic (exact) mass is 1170 g/mol. The number of rotatable bonds is 23. The van der Waals surface area contributed by atoms with Crippen molar-refractivity contribution in [2.24, 2.45) is 18.0 Å². The molecular formula is C63H74F2N10O10. The molecule has 0 radical (unpaired) electrons. The van der Waals surface area contributed by atoms with Crippen LogP contribution in [0.3, 0.4) is 0 Å². The van der Waals surface area contributed by atoms with E-state index >= 15 is 0 Å². The number of aliphatic hydroxyl groups is 1. The number of hydrogen-bond acceptors (Lipinski definition) is 14. The van der Waals surface area contributed by atoms with Gasteiger partial charge in [0.1, 0.15) is 11.4 Å². The summed E-state index contributed by atoms with van der Waals surface area (Å²) < 4.78 is 51.0. The van der Waals surface area contributed by atoms with Crippen LogP contribution in [-0.4, -0.2) is 136 Å². The molecule has 20 nitrogen and oxygen atoms in total. The molecule has 2 unspecified atom stereocenters. The Morgan fingerprint density at radius 1 is 0.894 bits per heavy atom. The van der Waals surface area contributed by atoms with E-state index in [0.29, 0.717) is 119 Å². The number of aryl methyl sites for hydroxylation is 1. The van der Waals surface area contributed by atoms with E-state index in [2.05, 4.69) is 54.9 Å². The van der Waals surface area contributed by atoms with Gasteiger partial charge in [0.15, 0.2) is 17.0 Å². The highest BCUT2D eigenvalue weighted by molar-refractivity contribution is 6.07. The molecule has 450 valence electrons. The van der Waals surface area contributed by atoms with Gasteiger partial charge in [-0.2, -0.15) is 5.10 Å². The lowest BCUT2D eigenvalue weighted by atomic mass is 9.78. The second kappa shape index (κ2) is 25.3. The summed E-state index contributed by atoms with van der Waals surface area (Å²) >= 11 is 0. The molecule has 2 fully saturated rings. The van der Waals surface area contributed by atoms with Crippen molar-refractivity contribution < 1.29 is 52.0 Å². The molecule has 1 saturated heterocycles. The lowest BCUT2D eigenvalue weighted by Gasteiger charge is -2.38. The summed E-state index contributed by atoms with van der Waals surface area (Å²) in [5.74, 6) is -0.392. The van der Waals surface area contributed by atoms with Crippen molar-refractivity contribution in [2.75, 3.05) is 65.7 Å². The molecule has 85 heavy (non-hydrogen) atoms. The number of carbonyl (C=O) groups is 4. The molecule has 22 heteroatoms. The van der Waals surface area contributed by atoms with Crippen LogP contribution in [0.4, 0.5) is 8.78 Å². The summed E-state index contributed by atoms with van der Waals surface area (Å²) in [6, 6.07) is 21.5. The van der Waals surface area contributed by atoms with Crippen molar-refractivity contribution in [1.82, 2.24) is 45.5 Å². The molecule has 2 aliphatic carbocycles. The number of nitrogens with zero attached hydrogens (tertiary/aromatic N) is 6. The first-order valence-corrected chi connectivity index (χ1v) is 29.1. The van der Waals surface area contributed by atoms with Crippen LogP contribution < -0.4 is 36.3 Å². The number of fused-ring (bicyclic) bond motifs is 2. The van der Waals surface area contributed by atoms with Gasteiger partial charge in [0, 0.05) is 68.7 Å². The second-order valence-electron chi connectivity index (χ2n) is 23.3. The SMILES string of the molecule is CC1=C(c2cccc(C(=O)NCCOCCOCCNC(=O)CNCC3=CCC(C)(c4c5ncn(CC6(O)CCN(C(=O)C[C@@H](C)c7ccccc7)CC6)c(=O)c5nn4C)C=C3)c2)N=C(NC(=O)C2(c3ccc4c(c3)OC(F)(F)O4)CC2)C(C)C1. The van der Waals surface area contributed by atoms with Gasteiger partial charge in [-0.3, -0.25) is 33.2 Å². The third-order valence-electron chi connectivity index (χ3n) is 16.7. The Bertz CT molecular complexity index is 3530. The van der Waals surface area contributed by atoms with E-state index < -0.39 is 22.7 Å². The zero-order valence-electron chi connectivity index (χ0n) is 48.7. The molecular weight excluding hydrogens is 1090 g/mol. The third-order valence-corrected chi connectivity index (χ3v) is 16.7. The van der Waals surface area contributed by atoms with E-state index in [1.54, 1.807) is 40.9 Å². The van der Waals surface area contributed by atoms with Crippen molar-refractivity contribution in [3.05, 3.63) is 147 Å². The quantitative estimate of drug-likeness (QED) is 0.0450. The van der Waals surface area contributed by atoms with Gasteiger partial charge in [0.25, 0.3) is 11.5 Å². The summed E-state index contributed by atoms with van der Waals surface area (Å²) in [6.45, 7) is 11.2. The summed E-state index contributed by atoms with van der Waals surface area (Å²) in [5.41, 5.74) is 4.11. The van der Waals surface area contributed by atoms with Crippen LogP contribution in [-0.2, 0) is 48.3 Å². The van der Waals surface area contributed by atoms with Crippen LogP contribution in [0.5, 0.6) is 11.5 Å². The number of halogens is 2. The molecule has 5 heterocycles. The number of carbonyl (C=O) groups excluding carboxylic acids is 4. The lowest BCUT2D eigenvalue weighted by Crippen LogP contribution is -2.49. The summed E-state index contributed by atoms with van der Waals surface area (Å²) in [7, 11) is 1.80. The average Bonchev–Trinajstić information content (AvgIpc) is 3.31. The highest BCUT2D eigenvalue weighted by Crippen LogP contribution is 2.52. The molecule has 5 aromatic rings. The first-order chi connectivity index (χ1) is 40.7. The highest BCUT2D eigenvalue weighted by atomic mass is 19.3. The number of benzene rings is 3. The predicted octanol–water partition coefficient (Wildman–Crippen LogP) is 6.33. The number of hydrogen-bond donors (Lipinski definition) is 5. The maximum absolute atomic E-state index is 13.8. The zero-order chi connectivity index (χ0) is 60.1. The van der Waals surface area contributed by atoms with Crippen LogP contribution in [0, 0.1) is 5.92 Å². The minimum absolute atomic E-state index is 0.0499. The van der Waals surface area contributed by atoms with E-state index in [0.717, 1.165) is 28.0 Å². The summed E-state index contributed by atoms with van der Waals surface area (Å²) in [5, 5.41) is 28.2. The molecule has 2 aromatic heterocycles. The molecule has 3 atom stereocenters. The Labute approximate surface area is 491 Å². The first-order valence-electron chi connectivity index (χ1n) is 29.1. The number of amidine groups is 1. The largest absolute Gasteiger partial charge is 0.586 e. The number of aliphatic imine (C=N–C) groups is 1. The second-order valence-corrected chi connectivity index (χ2v) is 23.3. The van der Waals surface area contributed by atoms with Gasteiger partial charge in [-0.1, -0.05) is 87.5 Å². The molecule has 3 aliphatic heterocycles. The van der Waals surface area contributed by atoms with Crippen LogP contribution >= 0.6 is 0 Å². The minimum Gasteiger partial charge on any atom is -0.395 e. The van der Waals surface area contributed by atoms with Gasteiger partial charge in [-0.05, 0) is 97.9 Å². The molecule has 10 rings (SSSR count). The Balaban J connectivity index is 0.591. The number of allylic oxidation sites excluding steroid dienone is 3. The molecule has 5 N–H and O–H groups in total. The predicted molar refractivity (Wildman–Crippen MR) is 314 cm³/mol. The van der Waals surface area contributed by atoms with Crippen LogP contribution in [0.2, 0.25) is 0 Å². The van der Waals surface area contributed by atoms with Gasteiger partial charge in [-0.25, -0.2) is 9.98 Å². The smallest absolute Gasteiger partial charge is 0.395 e. The van der Waals surface area contributed by atoms with Crippen molar-refractivity contribution >= 4 is 46.2 Å². The molecule has 0 bridgehead atoms. The van der Waals surface area contributed by atoms with Crippen molar-refractivity contribution in [3.63, 3.8) is 0 Å². The Hall–Kier alpha value is -7.92. The number of alkyl halides is 2. The average molecular weight is 1170 g/mol. The van der Waals surface area contributed by atoms with Gasteiger partial charge in [0.2, 0.25) is 17.7 Å². The number of likely N-dealkylation sites (tertiary alicyclic amines) is 1. The maximum Gasteiger partial charge on any atom is 0.586 e. The molecule has 0 spiro atoms. The van der Waals surface area contributed by atoms with Crippen molar-refractivity contribution in [2.45, 2.75) is 108 Å². The van der Waals surface area contributed by atoms with Gasteiger partial charge < -0.3 is 50.2 Å². The van der Waals surface area contributed by atoms with E-state index in [9.17, 15) is 37.9 Å². The topological polar surface area (TPSA) is 242 Å². The minimum atomic E-state index is -3.75. The Morgan fingerprint density at radius 2 is 1.62 bits per heavy atom. The number of aromatic nitrogens is 4. The van der Waals surface area contributed by atoms with Gasteiger partial charge >= 0.3 is 6.29 Å². The van der Waals surface area contributed by atoms with Crippen LogP contribution in [0.15, 0.2) is 118 Å². The van der Waals surface area contributed by atoms with E-state index in [-0.39, 0.29) is 84.3 Å². The highest BCUT2D eigenvalue weighted by Gasteiger charge is 2.53. The normalized spacial score (nSPS) is 20.4. The number of ether oxygens (including phenoxy) is 4. The summed E-state index contributed by atoms with van der Waals surface area (Å²) in [4.78, 5) is 77.9. The lowest BCUT2D eigenvalue weighted by molar-refractivity contribution is -0.286. The van der Waals surface area contributed by atoms with Crippen molar-refractivity contribution in [1.29, 1.82) is 0 Å². The Kier molecular flexibility index (Phi) is 18.0. The van der Waals surface area contributed by atoms with E-state index in [1.807, 2.05) is 63.2 Å². The third kappa shape index (κ3) is 13.9. The summed E-state index contributed by atoms with van der Waals surface area (Å²) in [6.07, 6.45) is 7.33. The maximum atomic E-state index is 13.8. The standard InChI is InChI=1S/C63H74F2N10O10/c1-40(44-10-7-6-8-11-44)33-51(77)74-26-22-61(81,23-27-74)38-75-39-69-53-54(58(75)79)72-73(5)55(53)60(4)18-16-43(17-19-60)36-66-37-50(76)67-24-28-82-30-31-83-29-25-68-57(78)46-13-9-12-45(34-46)52-41(2)32-42(3)56(70-52)71-59(80)62(20-21-62)47-14-15-48-49(35-47)85-63(64,65)84-48/h6-18,34-35,39-40,42,66,81H,19-33,36-38H2,1-5H3,(H,67,76)(H,68,78)(H,70,71,80)/t40-,42?,60?/m1/s1. The fourth-order valence-corrected chi connectivity index (χ4v) is 11.7.